The number of hydrogen-bond donors (Lipinski definition) is 0. The molecule has 0 unspecified atom stereocenters. The van der Waals surface area contributed by atoms with Gasteiger partial charge in [0.25, 0.3) is 12.3 Å². The van der Waals surface area contributed by atoms with Crippen LogP contribution in [0.25, 0.3) is 11.6 Å². The van der Waals surface area contributed by atoms with Gasteiger partial charge in [0.2, 0.25) is 0 Å². The summed E-state index contributed by atoms with van der Waals surface area (Å²) in [6.45, 7) is 2.05. The summed E-state index contributed by atoms with van der Waals surface area (Å²) in [5.74, 6) is 1.38. The third-order valence-corrected chi connectivity index (χ3v) is 7.09. The molecular formula is C19H18F2N4O2S. The Bertz CT molecular complexity index is 1070. The maximum Gasteiger partial charge on any atom is 0.280 e. The van der Waals surface area contributed by atoms with Crippen molar-refractivity contribution >= 4 is 10.8 Å². The number of nitrogens with zero attached hydrogens (tertiary/aromatic N) is 4. The summed E-state index contributed by atoms with van der Waals surface area (Å²) in [4.78, 5) is 4.51. The molecule has 3 aromatic rings. The molecule has 0 amide bonds. The Kier molecular flexibility index (Phi) is 3.97. The normalized spacial score (nSPS) is 23.0. The Morgan fingerprint density at radius 2 is 2.04 bits per heavy atom. The minimum Gasteiger partial charge on any atom is -0.332 e. The van der Waals surface area contributed by atoms with E-state index in [2.05, 4.69) is 34.3 Å². The van der Waals surface area contributed by atoms with Gasteiger partial charge in [-0.15, -0.1) is 0 Å². The van der Waals surface area contributed by atoms with Gasteiger partial charge in [-0.2, -0.15) is 10.1 Å². The van der Waals surface area contributed by atoms with Crippen LogP contribution in [0.3, 0.4) is 0 Å². The summed E-state index contributed by atoms with van der Waals surface area (Å²) >= 11 is 0. The van der Waals surface area contributed by atoms with Crippen molar-refractivity contribution < 1.29 is 17.5 Å². The van der Waals surface area contributed by atoms with Gasteiger partial charge < -0.3 is 4.52 Å². The lowest BCUT2D eigenvalue weighted by Gasteiger charge is -2.26. The van der Waals surface area contributed by atoms with Crippen LogP contribution in [0.1, 0.15) is 48.0 Å². The van der Waals surface area contributed by atoms with Crippen molar-refractivity contribution in [1.82, 2.24) is 19.9 Å². The molecule has 1 saturated carbocycles. The van der Waals surface area contributed by atoms with Crippen molar-refractivity contribution in [1.29, 1.82) is 0 Å². The molecule has 146 valence electrons. The van der Waals surface area contributed by atoms with E-state index in [-0.39, 0.29) is 28.7 Å². The summed E-state index contributed by atoms with van der Waals surface area (Å²) in [5, 5.41) is 8.42. The fourth-order valence-electron chi connectivity index (χ4n) is 3.86. The van der Waals surface area contributed by atoms with E-state index in [1.54, 1.807) is 0 Å². The van der Waals surface area contributed by atoms with E-state index in [0.29, 0.717) is 17.3 Å². The topological polar surface area (TPSA) is 73.8 Å². The van der Waals surface area contributed by atoms with E-state index in [9.17, 15) is 13.0 Å². The molecule has 28 heavy (non-hydrogen) atoms. The molecule has 0 N–H and O–H groups in total. The molecular weight excluding hydrogens is 386 g/mol. The summed E-state index contributed by atoms with van der Waals surface area (Å²) in [6.07, 6.45) is -0.845. The number of aromatic nitrogens is 4. The van der Waals surface area contributed by atoms with Crippen LogP contribution in [0, 0.1) is 6.92 Å². The van der Waals surface area contributed by atoms with Crippen LogP contribution < -0.4 is 0 Å². The first-order valence-electron chi connectivity index (χ1n) is 9.11. The second kappa shape index (κ2) is 6.30. The molecule has 5 rings (SSSR count). The van der Waals surface area contributed by atoms with Crippen LogP contribution in [0.2, 0.25) is 0 Å². The molecule has 6 nitrogen and oxygen atoms in total. The van der Waals surface area contributed by atoms with Crippen LogP contribution in [-0.2, 0) is 16.2 Å². The van der Waals surface area contributed by atoms with Gasteiger partial charge in [-0.3, -0.25) is 8.89 Å². The highest BCUT2D eigenvalue weighted by Crippen LogP contribution is 2.53. The number of benzene rings is 1. The van der Waals surface area contributed by atoms with Gasteiger partial charge in [-0.25, -0.2) is 8.78 Å². The molecule has 9 heteroatoms. The van der Waals surface area contributed by atoms with Crippen molar-refractivity contribution in [3.63, 3.8) is 0 Å². The highest BCUT2D eigenvalue weighted by molar-refractivity contribution is 7.86. The third kappa shape index (κ3) is 2.71. The van der Waals surface area contributed by atoms with Gasteiger partial charge in [0, 0.05) is 22.3 Å². The van der Waals surface area contributed by atoms with E-state index in [4.69, 9.17) is 4.52 Å². The Morgan fingerprint density at radius 1 is 1.29 bits per heavy atom. The molecule has 2 fully saturated rings. The van der Waals surface area contributed by atoms with Gasteiger partial charge in [0.15, 0.2) is 11.5 Å². The maximum absolute atomic E-state index is 13.4. The fourth-order valence-corrected chi connectivity index (χ4v) is 4.90. The zero-order valence-corrected chi connectivity index (χ0v) is 16.0. The van der Waals surface area contributed by atoms with Crippen LogP contribution in [0.15, 0.2) is 34.9 Å². The maximum atomic E-state index is 13.4. The predicted octanol–water partition coefficient (Wildman–Crippen LogP) is 3.56. The summed E-state index contributed by atoms with van der Waals surface area (Å²) in [5.41, 5.74) is 2.07. The van der Waals surface area contributed by atoms with Gasteiger partial charge in [-0.1, -0.05) is 29.4 Å². The minimum absolute atomic E-state index is 0.135. The second-order valence-electron chi connectivity index (χ2n) is 7.45. The summed E-state index contributed by atoms with van der Waals surface area (Å²) in [6, 6.07) is 9.11. The van der Waals surface area contributed by atoms with E-state index in [1.807, 2.05) is 12.1 Å². The molecule has 3 heterocycles. The average molecular weight is 404 g/mol. The standard InChI is InChI=1S/C19H18F2N4O2S/c1-11-4-2-3-5-13(11)19(6-7-19)18-22-17(27-24-18)14-8-15(16(20)21)25(23-14)12-9-28(26)10-12/h2-5,8,12,16H,6-7,9-10H2,1H3. The SMILES string of the molecule is Cc1ccccc1C1(c2noc(-c3cc(C(F)F)n(C4CS(=O)C4)n3)n2)CC1. The molecule has 0 radical (unpaired) electrons. The molecule has 2 aliphatic rings. The molecule has 1 aromatic carbocycles. The quantitative estimate of drug-likeness (QED) is 0.650. The van der Waals surface area contributed by atoms with Crippen molar-refractivity contribution in [3.8, 4) is 11.6 Å². The first-order valence-corrected chi connectivity index (χ1v) is 10.6. The van der Waals surface area contributed by atoms with Crippen LogP contribution >= 0.6 is 0 Å². The Hall–Kier alpha value is -2.42. The van der Waals surface area contributed by atoms with Crippen molar-refractivity contribution in [3.05, 3.63) is 53.0 Å². The van der Waals surface area contributed by atoms with Gasteiger partial charge in [0.1, 0.15) is 5.69 Å². The third-order valence-electron chi connectivity index (χ3n) is 5.57. The first-order chi connectivity index (χ1) is 13.5. The average Bonchev–Trinajstić information content (AvgIpc) is 3.10. The van der Waals surface area contributed by atoms with Crippen molar-refractivity contribution in [2.75, 3.05) is 11.5 Å². The number of rotatable bonds is 5. The summed E-state index contributed by atoms with van der Waals surface area (Å²) in [7, 11) is -0.959. The van der Waals surface area contributed by atoms with E-state index < -0.39 is 17.2 Å². The molecule has 0 bridgehead atoms. The Morgan fingerprint density at radius 3 is 2.68 bits per heavy atom. The Labute approximate surface area is 162 Å². The van der Waals surface area contributed by atoms with E-state index in [0.717, 1.165) is 24.0 Å². The zero-order valence-electron chi connectivity index (χ0n) is 15.1. The van der Waals surface area contributed by atoms with Crippen molar-refractivity contribution in [2.45, 2.75) is 37.6 Å². The fraction of sp³-hybridized carbons (Fsp3) is 0.421. The smallest absolute Gasteiger partial charge is 0.280 e. The lowest BCUT2D eigenvalue weighted by Crippen LogP contribution is -2.35. The van der Waals surface area contributed by atoms with Gasteiger partial charge in [0.05, 0.1) is 11.5 Å². The predicted molar refractivity (Wildman–Crippen MR) is 98.6 cm³/mol. The van der Waals surface area contributed by atoms with Gasteiger partial charge >= 0.3 is 0 Å². The highest BCUT2D eigenvalue weighted by Gasteiger charge is 2.50. The Balaban J connectivity index is 1.50. The second-order valence-corrected chi connectivity index (χ2v) is 8.99. The highest BCUT2D eigenvalue weighted by atomic mass is 32.2. The monoisotopic (exact) mass is 404 g/mol. The van der Waals surface area contributed by atoms with E-state index in [1.165, 1.54) is 10.7 Å². The minimum atomic E-state index is -2.68. The number of alkyl halides is 2. The molecule has 0 atom stereocenters. The number of halogens is 2. The van der Waals surface area contributed by atoms with E-state index >= 15 is 0 Å². The van der Waals surface area contributed by atoms with Crippen LogP contribution in [0.4, 0.5) is 8.78 Å². The number of aryl methyl sites for hydroxylation is 1. The first kappa shape index (κ1) is 17.7. The molecule has 1 aliphatic heterocycles. The molecule has 1 saturated heterocycles. The molecule has 1 aliphatic carbocycles. The molecule has 0 spiro atoms. The summed E-state index contributed by atoms with van der Waals surface area (Å²) < 4.78 is 44.9. The van der Waals surface area contributed by atoms with Gasteiger partial charge in [-0.05, 0) is 37.0 Å². The lowest BCUT2D eigenvalue weighted by atomic mass is 9.91. The van der Waals surface area contributed by atoms with Crippen LogP contribution in [-0.4, -0.2) is 35.6 Å². The number of hydrogen-bond acceptors (Lipinski definition) is 5. The largest absolute Gasteiger partial charge is 0.332 e. The lowest BCUT2D eigenvalue weighted by molar-refractivity contribution is 0.137. The zero-order chi connectivity index (χ0) is 19.5. The van der Waals surface area contributed by atoms with Crippen LogP contribution in [0.5, 0.6) is 0 Å². The van der Waals surface area contributed by atoms with Crippen molar-refractivity contribution in [2.24, 2.45) is 0 Å². The molecule has 2 aromatic heterocycles.